The minimum absolute atomic E-state index is 0.0122. The van der Waals surface area contributed by atoms with Crippen LogP contribution in [-0.2, 0) is 16.0 Å². The van der Waals surface area contributed by atoms with Crippen LogP contribution in [0.15, 0.2) is 30.3 Å². The summed E-state index contributed by atoms with van der Waals surface area (Å²) in [6.07, 6.45) is 2.16. The van der Waals surface area contributed by atoms with Gasteiger partial charge in [0.05, 0.1) is 6.42 Å². The minimum atomic E-state index is -0.865. The van der Waals surface area contributed by atoms with Crippen LogP contribution in [0.3, 0.4) is 0 Å². The predicted molar refractivity (Wildman–Crippen MR) is 73.9 cm³/mol. The zero-order valence-electron chi connectivity index (χ0n) is 11.3. The molecule has 0 saturated heterocycles. The zero-order chi connectivity index (χ0) is 14.1. The van der Waals surface area contributed by atoms with E-state index in [0.717, 1.165) is 12.8 Å². The number of carboxylic acids is 1. The van der Waals surface area contributed by atoms with Crippen molar-refractivity contribution in [2.24, 2.45) is 0 Å². The number of rotatable bonds is 8. The Bertz CT molecular complexity index is 403. The highest BCUT2D eigenvalue weighted by molar-refractivity contribution is 5.77. The standard InChI is InChI=1S/C15H21NO3/c1-2-16(12-11-15(18)19)14(17)10-6-9-13-7-4-3-5-8-13/h3-5,7-8H,2,6,9-12H2,1H3,(H,18,19). The van der Waals surface area contributed by atoms with Gasteiger partial charge in [-0.1, -0.05) is 30.3 Å². The van der Waals surface area contributed by atoms with Gasteiger partial charge in [-0.25, -0.2) is 0 Å². The fourth-order valence-electron chi connectivity index (χ4n) is 1.94. The number of hydrogen-bond donors (Lipinski definition) is 1. The lowest BCUT2D eigenvalue weighted by atomic mass is 10.1. The van der Waals surface area contributed by atoms with Crippen molar-refractivity contribution in [1.29, 1.82) is 0 Å². The van der Waals surface area contributed by atoms with Gasteiger partial charge in [-0.05, 0) is 25.3 Å². The van der Waals surface area contributed by atoms with Gasteiger partial charge in [-0.3, -0.25) is 9.59 Å². The van der Waals surface area contributed by atoms with Crippen molar-refractivity contribution in [2.75, 3.05) is 13.1 Å². The summed E-state index contributed by atoms with van der Waals surface area (Å²) < 4.78 is 0. The molecule has 1 rings (SSSR count). The van der Waals surface area contributed by atoms with Gasteiger partial charge in [-0.15, -0.1) is 0 Å². The van der Waals surface area contributed by atoms with Crippen LogP contribution in [0.1, 0.15) is 31.7 Å². The number of aliphatic carboxylic acids is 1. The number of carbonyl (C=O) groups is 2. The highest BCUT2D eigenvalue weighted by Gasteiger charge is 2.12. The molecule has 0 spiro atoms. The highest BCUT2D eigenvalue weighted by Crippen LogP contribution is 2.06. The number of hydrogen-bond acceptors (Lipinski definition) is 2. The molecule has 0 aromatic heterocycles. The first-order valence-electron chi connectivity index (χ1n) is 6.67. The lowest BCUT2D eigenvalue weighted by molar-refractivity contribution is -0.138. The molecule has 0 unspecified atom stereocenters. The average molecular weight is 263 g/mol. The van der Waals surface area contributed by atoms with E-state index >= 15 is 0 Å². The van der Waals surface area contributed by atoms with Crippen molar-refractivity contribution in [1.82, 2.24) is 4.90 Å². The van der Waals surface area contributed by atoms with Gasteiger partial charge in [0.25, 0.3) is 0 Å². The van der Waals surface area contributed by atoms with Crippen molar-refractivity contribution < 1.29 is 14.7 Å². The van der Waals surface area contributed by atoms with Crippen molar-refractivity contribution in [3.05, 3.63) is 35.9 Å². The summed E-state index contributed by atoms with van der Waals surface area (Å²) >= 11 is 0. The van der Waals surface area contributed by atoms with E-state index in [-0.39, 0.29) is 12.3 Å². The number of carboxylic acid groups (broad SMARTS) is 1. The van der Waals surface area contributed by atoms with Gasteiger partial charge in [0.1, 0.15) is 0 Å². The topological polar surface area (TPSA) is 57.6 Å². The Morgan fingerprint density at radius 2 is 1.84 bits per heavy atom. The van der Waals surface area contributed by atoms with Crippen molar-refractivity contribution in [3.63, 3.8) is 0 Å². The van der Waals surface area contributed by atoms with Gasteiger partial charge in [0.15, 0.2) is 0 Å². The summed E-state index contributed by atoms with van der Waals surface area (Å²) in [5.74, 6) is -0.824. The third-order valence-electron chi connectivity index (χ3n) is 3.03. The molecule has 0 heterocycles. The third-order valence-corrected chi connectivity index (χ3v) is 3.03. The van der Waals surface area contributed by atoms with Crippen LogP contribution in [-0.4, -0.2) is 35.0 Å². The third kappa shape index (κ3) is 6.04. The van der Waals surface area contributed by atoms with Crippen LogP contribution in [0, 0.1) is 0 Å². The van der Waals surface area contributed by atoms with Crippen LogP contribution in [0.4, 0.5) is 0 Å². The van der Waals surface area contributed by atoms with Gasteiger partial charge in [0, 0.05) is 19.5 Å². The summed E-state index contributed by atoms with van der Waals surface area (Å²) in [7, 11) is 0. The first-order chi connectivity index (χ1) is 9.13. The van der Waals surface area contributed by atoms with E-state index in [1.54, 1.807) is 4.90 Å². The molecule has 0 fully saturated rings. The van der Waals surface area contributed by atoms with Gasteiger partial charge in [-0.2, -0.15) is 0 Å². The average Bonchev–Trinajstić information content (AvgIpc) is 2.40. The molecule has 4 heteroatoms. The summed E-state index contributed by atoms with van der Waals surface area (Å²) in [5, 5.41) is 8.63. The Balaban J connectivity index is 2.30. The van der Waals surface area contributed by atoms with E-state index in [4.69, 9.17) is 5.11 Å². The van der Waals surface area contributed by atoms with E-state index in [1.165, 1.54) is 5.56 Å². The van der Waals surface area contributed by atoms with Crippen LogP contribution >= 0.6 is 0 Å². The van der Waals surface area contributed by atoms with E-state index in [1.807, 2.05) is 37.3 Å². The molecule has 0 saturated carbocycles. The van der Waals surface area contributed by atoms with E-state index in [0.29, 0.717) is 19.5 Å². The fourth-order valence-corrected chi connectivity index (χ4v) is 1.94. The lowest BCUT2D eigenvalue weighted by Crippen LogP contribution is -2.32. The molecule has 0 aliphatic heterocycles. The largest absolute Gasteiger partial charge is 0.481 e. The lowest BCUT2D eigenvalue weighted by Gasteiger charge is -2.19. The quantitative estimate of drug-likeness (QED) is 0.783. The van der Waals surface area contributed by atoms with Crippen molar-refractivity contribution in [3.8, 4) is 0 Å². The molecule has 1 aromatic rings. The predicted octanol–water partition coefficient (Wildman–Crippen LogP) is 2.33. The van der Waals surface area contributed by atoms with Crippen molar-refractivity contribution >= 4 is 11.9 Å². The number of amides is 1. The maximum Gasteiger partial charge on any atom is 0.305 e. The van der Waals surface area contributed by atoms with E-state index in [2.05, 4.69) is 0 Å². The molecule has 0 bridgehead atoms. The Kier molecular flexibility index (Phi) is 6.64. The second-order valence-corrected chi connectivity index (χ2v) is 4.46. The first-order valence-corrected chi connectivity index (χ1v) is 6.67. The second kappa shape index (κ2) is 8.29. The summed E-state index contributed by atoms with van der Waals surface area (Å²) in [4.78, 5) is 24.0. The van der Waals surface area contributed by atoms with Crippen LogP contribution in [0.25, 0.3) is 0 Å². The first kappa shape index (κ1) is 15.2. The maximum absolute atomic E-state index is 11.9. The summed E-state index contributed by atoms with van der Waals surface area (Å²) in [6.45, 7) is 2.74. The summed E-state index contributed by atoms with van der Waals surface area (Å²) in [6, 6.07) is 10.0. The molecular weight excluding hydrogens is 242 g/mol. The van der Waals surface area contributed by atoms with Crippen LogP contribution in [0.5, 0.6) is 0 Å². The Hall–Kier alpha value is -1.84. The van der Waals surface area contributed by atoms with Gasteiger partial charge in [0.2, 0.25) is 5.91 Å². The molecule has 104 valence electrons. The Morgan fingerprint density at radius 3 is 2.42 bits per heavy atom. The molecule has 0 aliphatic carbocycles. The van der Waals surface area contributed by atoms with Gasteiger partial charge >= 0.3 is 5.97 Å². The van der Waals surface area contributed by atoms with E-state index in [9.17, 15) is 9.59 Å². The van der Waals surface area contributed by atoms with Crippen LogP contribution in [0.2, 0.25) is 0 Å². The number of carbonyl (C=O) groups excluding carboxylic acids is 1. The Morgan fingerprint density at radius 1 is 1.16 bits per heavy atom. The van der Waals surface area contributed by atoms with E-state index < -0.39 is 5.97 Å². The molecule has 1 aromatic carbocycles. The maximum atomic E-state index is 11.9. The smallest absolute Gasteiger partial charge is 0.305 e. The zero-order valence-corrected chi connectivity index (χ0v) is 11.3. The van der Waals surface area contributed by atoms with Crippen molar-refractivity contribution in [2.45, 2.75) is 32.6 Å². The minimum Gasteiger partial charge on any atom is -0.481 e. The number of nitrogens with zero attached hydrogens (tertiary/aromatic N) is 1. The summed E-state index contributed by atoms with van der Waals surface area (Å²) in [5.41, 5.74) is 1.23. The fraction of sp³-hybridized carbons (Fsp3) is 0.467. The molecule has 0 radical (unpaired) electrons. The second-order valence-electron chi connectivity index (χ2n) is 4.46. The normalized spacial score (nSPS) is 10.2. The SMILES string of the molecule is CCN(CCC(=O)O)C(=O)CCCc1ccccc1. The number of aryl methyl sites for hydroxylation is 1. The molecule has 1 amide bonds. The molecule has 19 heavy (non-hydrogen) atoms. The van der Waals surface area contributed by atoms with Crippen LogP contribution < -0.4 is 0 Å². The Labute approximate surface area is 114 Å². The molecule has 0 atom stereocenters. The highest BCUT2D eigenvalue weighted by atomic mass is 16.4. The van der Waals surface area contributed by atoms with Gasteiger partial charge < -0.3 is 10.0 Å². The molecule has 4 nitrogen and oxygen atoms in total. The molecule has 1 N–H and O–H groups in total. The monoisotopic (exact) mass is 263 g/mol. The number of benzene rings is 1. The molecular formula is C15H21NO3. The molecule has 0 aliphatic rings.